The molecule has 2 nitrogen and oxygen atoms in total. The van der Waals surface area contributed by atoms with Gasteiger partial charge in [0.25, 0.3) is 0 Å². The molecular weight excluding hydrogens is 263 g/mol. The fraction of sp³-hybridized carbons (Fsp3) is 0.278. The smallest absolute Gasteiger partial charge is 0.123 e. The Morgan fingerprint density at radius 2 is 1.81 bits per heavy atom. The molecule has 0 saturated carbocycles. The Labute approximate surface area is 123 Å². The fourth-order valence-electron chi connectivity index (χ4n) is 3.42. The minimum absolute atomic E-state index is 0.199. The lowest BCUT2D eigenvalue weighted by atomic mass is 9.86. The van der Waals surface area contributed by atoms with Crippen LogP contribution in [-0.2, 0) is 0 Å². The maximum Gasteiger partial charge on any atom is 0.123 e. The molecule has 2 aromatic carbocycles. The van der Waals surface area contributed by atoms with E-state index in [1.54, 1.807) is 0 Å². The quantitative estimate of drug-likeness (QED) is 0.852. The molecule has 2 aliphatic heterocycles. The number of halogens is 1. The topological polar surface area (TPSA) is 24.4 Å². The van der Waals surface area contributed by atoms with E-state index < -0.39 is 0 Å². The van der Waals surface area contributed by atoms with Gasteiger partial charge in [-0.25, -0.2) is 4.39 Å². The van der Waals surface area contributed by atoms with Crippen molar-refractivity contribution in [2.75, 3.05) is 19.6 Å². The molecule has 2 unspecified atom stereocenters. The second-order valence-electron chi connectivity index (χ2n) is 5.87. The molecule has 0 bridgehead atoms. The molecule has 21 heavy (non-hydrogen) atoms. The Hall–Kier alpha value is -2.00. The van der Waals surface area contributed by atoms with Crippen LogP contribution in [0.5, 0.6) is 0 Å². The minimum atomic E-state index is -0.199. The summed E-state index contributed by atoms with van der Waals surface area (Å²) >= 11 is 0. The molecule has 1 fully saturated rings. The number of hydrogen-bond acceptors (Lipinski definition) is 2. The fourth-order valence-corrected chi connectivity index (χ4v) is 3.42. The number of rotatable bonds is 1. The van der Waals surface area contributed by atoms with Gasteiger partial charge in [0.2, 0.25) is 0 Å². The van der Waals surface area contributed by atoms with Crippen molar-refractivity contribution in [3.63, 3.8) is 0 Å². The van der Waals surface area contributed by atoms with Gasteiger partial charge in [-0.05, 0) is 46.4 Å². The summed E-state index contributed by atoms with van der Waals surface area (Å²) in [5, 5.41) is 3.47. The van der Waals surface area contributed by atoms with Gasteiger partial charge in [0.15, 0.2) is 0 Å². The van der Waals surface area contributed by atoms with Gasteiger partial charge < -0.3 is 5.32 Å². The highest BCUT2D eigenvalue weighted by atomic mass is 19.1. The highest BCUT2D eigenvalue weighted by molar-refractivity contribution is 5.85. The molecule has 0 radical (unpaired) electrons. The zero-order valence-corrected chi connectivity index (χ0v) is 11.7. The van der Waals surface area contributed by atoms with Crippen molar-refractivity contribution in [1.29, 1.82) is 0 Å². The SMILES string of the molecule is Fc1ccc(-c2ccc3c(c2)C=NCC2CNCC32)cc1. The first-order valence-corrected chi connectivity index (χ1v) is 7.42. The monoisotopic (exact) mass is 280 g/mol. The Balaban J connectivity index is 1.77. The molecule has 2 aliphatic rings. The average Bonchev–Trinajstić information content (AvgIpc) is 2.90. The van der Waals surface area contributed by atoms with E-state index in [2.05, 4.69) is 28.5 Å². The molecule has 2 aromatic rings. The van der Waals surface area contributed by atoms with Crippen molar-refractivity contribution < 1.29 is 4.39 Å². The summed E-state index contributed by atoms with van der Waals surface area (Å²) in [6.45, 7) is 3.00. The molecule has 106 valence electrons. The lowest BCUT2D eigenvalue weighted by Gasteiger charge is -2.17. The normalized spacial score (nSPS) is 23.5. The van der Waals surface area contributed by atoms with Gasteiger partial charge in [-0.1, -0.05) is 24.3 Å². The van der Waals surface area contributed by atoms with E-state index in [1.807, 2.05) is 18.3 Å². The first-order valence-electron chi connectivity index (χ1n) is 7.42. The lowest BCUT2D eigenvalue weighted by Crippen LogP contribution is -2.13. The molecule has 1 saturated heterocycles. The van der Waals surface area contributed by atoms with E-state index in [9.17, 15) is 4.39 Å². The van der Waals surface area contributed by atoms with Crippen molar-refractivity contribution in [3.8, 4) is 11.1 Å². The summed E-state index contributed by atoms with van der Waals surface area (Å²) in [5.41, 5.74) is 4.74. The Kier molecular flexibility index (Phi) is 3.08. The van der Waals surface area contributed by atoms with Crippen LogP contribution in [0.1, 0.15) is 17.0 Å². The van der Waals surface area contributed by atoms with E-state index in [4.69, 9.17) is 0 Å². The zero-order valence-electron chi connectivity index (χ0n) is 11.7. The van der Waals surface area contributed by atoms with Crippen LogP contribution in [0.15, 0.2) is 47.5 Å². The predicted octanol–water partition coefficient (Wildman–Crippen LogP) is 3.23. The van der Waals surface area contributed by atoms with E-state index in [-0.39, 0.29) is 5.82 Å². The first kappa shape index (κ1) is 12.7. The second-order valence-corrected chi connectivity index (χ2v) is 5.87. The van der Waals surface area contributed by atoms with E-state index in [0.717, 1.165) is 30.8 Å². The maximum atomic E-state index is 13.0. The van der Waals surface area contributed by atoms with Crippen LogP contribution in [0.4, 0.5) is 4.39 Å². The van der Waals surface area contributed by atoms with Gasteiger partial charge in [0.05, 0.1) is 0 Å². The van der Waals surface area contributed by atoms with Crippen LogP contribution >= 0.6 is 0 Å². The van der Waals surface area contributed by atoms with Crippen molar-refractivity contribution in [1.82, 2.24) is 5.32 Å². The van der Waals surface area contributed by atoms with Crippen LogP contribution in [0, 0.1) is 11.7 Å². The standard InChI is InChI=1S/C18H17FN2/c19-16-4-1-12(2-5-16)13-3-6-17-14(7-13)8-20-9-15-10-21-11-18(15)17/h1-8,15,18,21H,9-11H2. The molecule has 0 aromatic heterocycles. The third kappa shape index (κ3) is 2.28. The summed E-state index contributed by atoms with van der Waals surface area (Å²) in [4.78, 5) is 4.58. The molecule has 0 spiro atoms. The number of aliphatic imine (C=N–C) groups is 1. The highest BCUT2D eigenvalue weighted by Gasteiger charge is 2.30. The zero-order chi connectivity index (χ0) is 14.2. The third-order valence-electron chi connectivity index (χ3n) is 4.57. The van der Waals surface area contributed by atoms with Crippen molar-refractivity contribution in [3.05, 3.63) is 59.4 Å². The molecule has 2 heterocycles. The molecule has 4 rings (SSSR count). The van der Waals surface area contributed by atoms with Crippen LogP contribution in [0.3, 0.4) is 0 Å². The molecular formula is C18H17FN2. The summed E-state index contributed by atoms with van der Waals surface area (Å²) in [6.07, 6.45) is 2.00. The van der Waals surface area contributed by atoms with Gasteiger partial charge in [0, 0.05) is 31.8 Å². The number of nitrogens with one attached hydrogen (secondary N) is 1. The van der Waals surface area contributed by atoms with E-state index in [1.165, 1.54) is 23.3 Å². The van der Waals surface area contributed by atoms with Gasteiger partial charge in [0.1, 0.15) is 5.82 Å². The van der Waals surface area contributed by atoms with Gasteiger partial charge >= 0.3 is 0 Å². The molecule has 2 atom stereocenters. The number of hydrogen-bond donors (Lipinski definition) is 1. The second kappa shape index (κ2) is 5.08. The van der Waals surface area contributed by atoms with Crippen LogP contribution < -0.4 is 5.32 Å². The highest BCUT2D eigenvalue weighted by Crippen LogP contribution is 2.34. The number of benzene rings is 2. The lowest BCUT2D eigenvalue weighted by molar-refractivity contribution is 0.537. The van der Waals surface area contributed by atoms with Gasteiger partial charge in [-0.15, -0.1) is 0 Å². The molecule has 3 heteroatoms. The summed E-state index contributed by atoms with van der Waals surface area (Å²) < 4.78 is 13.0. The summed E-state index contributed by atoms with van der Waals surface area (Å²) in [7, 11) is 0. The average molecular weight is 280 g/mol. The van der Waals surface area contributed by atoms with Crippen LogP contribution in [-0.4, -0.2) is 25.8 Å². The van der Waals surface area contributed by atoms with Crippen molar-refractivity contribution in [2.45, 2.75) is 5.92 Å². The maximum absolute atomic E-state index is 13.0. The van der Waals surface area contributed by atoms with E-state index >= 15 is 0 Å². The first-order chi connectivity index (χ1) is 10.3. The molecule has 1 N–H and O–H groups in total. The summed E-state index contributed by atoms with van der Waals surface area (Å²) in [6, 6.07) is 13.2. The largest absolute Gasteiger partial charge is 0.316 e. The number of fused-ring (bicyclic) bond motifs is 3. The van der Waals surface area contributed by atoms with E-state index in [0.29, 0.717) is 11.8 Å². The van der Waals surface area contributed by atoms with Gasteiger partial charge in [-0.2, -0.15) is 0 Å². The van der Waals surface area contributed by atoms with Crippen molar-refractivity contribution in [2.24, 2.45) is 10.9 Å². The Morgan fingerprint density at radius 1 is 1.00 bits per heavy atom. The summed E-state index contributed by atoms with van der Waals surface area (Å²) in [5.74, 6) is 0.971. The predicted molar refractivity (Wildman–Crippen MR) is 83.4 cm³/mol. The van der Waals surface area contributed by atoms with Crippen molar-refractivity contribution >= 4 is 6.21 Å². The minimum Gasteiger partial charge on any atom is -0.316 e. The Bertz CT molecular complexity index is 691. The third-order valence-corrected chi connectivity index (χ3v) is 4.57. The number of nitrogens with zero attached hydrogens (tertiary/aromatic N) is 1. The molecule has 0 amide bonds. The van der Waals surface area contributed by atoms with Crippen LogP contribution in [0.25, 0.3) is 11.1 Å². The van der Waals surface area contributed by atoms with Crippen LogP contribution in [0.2, 0.25) is 0 Å². The van der Waals surface area contributed by atoms with Gasteiger partial charge in [-0.3, -0.25) is 4.99 Å². The Morgan fingerprint density at radius 3 is 2.67 bits per heavy atom. The molecule has 0 aliphatic carbocycles.